The van der Waals surface area contributed by atoms with Crippen molar-refractivity contribution < 1.29 is 24.5 Å². The van der Waals surface area contributed by atoms with Gasteiger partial charge in [0.15, 0.2) is 17.3 Å². The topological polar surface area (TPSA) is 88.0 Å². The SMILES string of the molecule is CC(=O)c1ccc2c(c1)[C@@H]1[C@@H](O)[C@@H](O)C[C@@H]1[C@H](c1cc3c(cc1Br)OCO3)N2. The highest BCUT2D eigenvalue weighted by molar-refractivity contribution is 9.10. The predicted molar refractivity (Wildman–Crippen MR) is 106 cm³/mol. The number of benzene rings is 2. The van der Waals surface area contributed by atoms with Crippen molar-refractivity contribution in [2.75, 3.05) is 12.1 Å². The zero-order valence-corrected chi connectivity index (χ0v) is 16.8. The highest BCUT2D eigenvalue weighted by atomic mass is 79.9. The van der Waals surface area contributed by atoms with Crippen molar-refractivity contribution in [3.8, 4) is 11.5 Å². The van der Waals surface area contributed by atoms with Gasteiger partial charge in [0.1, 0.15) is 0 Å². The first-order chi connectivity index (χ1) is 13.4. The number of nitrogens with one attached hydrogen (secondary N) is 1. The lowest BCUT2D eigenvalue weighted by atomic mass is 9.76. The molecule has 3 aliphatic rings. The predicted octanol–water partition coefficient (Wildman–Crippen LogP) is 3.37. The molecule has 0 unspecified atom stereocenters. The van der Waals surface area contributed by atoms with E-state index < -0.39 is 12.2 Å². The number of hydrogen-bond acceptors (Lipinski definition) is 6. The van der Waals surface area contributed by atoms with E-state index in [1.54, 1.807) is 6.07 Å². The molecular formula is C21H20BrNO5. The summed E-state index contributed by atoms with van der Waals surface area (Å²) in [4.78, 5) is 11.8. The molecule has 2 heterocycles. The molecule has 6 nitrogen and oxygen atoms in total. The van der Waals surface area contributed by atoms with Crippen molar-refractivity contribution in [2.24, 2.45) is 5.92 Å². The van der Waals surface area contributed by atoms with Crippen LogP contribution in [0.2, 0.25) is 0 Å². The van der Waals surface area contributed by atoms with Gasteiger partial charge in [-0.1, -0.05) is 15.9 Å². The number of ether oxygens (including phenoxy) is 2. The minimum atomic E-state index is -0.872. The summed E-state index contributed by atoms with van der Waals surface area (Å²) in [6.07, 6.45) is -1.21. The van der Waals surface area contributed by atoms with E-state index in [-0.39, 0.29) is 30.5 Å². The van der Waals surface area contributed by atoms with E-state index in [0.29, 0.717) is 23.5 Å². The zero-order valence-electron chi connectivity index (χ0n) is 15.2. The van der Waals surface area contributed by atoms with Gasteiger partial charge in [0.2, 0.25) is 6.79 Å². The molecule has 0 bridgehead atoms. The first kappa shape index (κ1) is 18.0. The van der Waals surface area contributed by atoms with Crippen molar-refractivity contribution in [3.63, 3.8) is 0 Å². The van der Waals surface area contributed by atoms with Crippen molar-refractivity contribution >= 4 is 27.4 Å². The summed E-state index contributed by atoms with van der Waals surface area (Å²) in [5.41, 5.74) is 3.35. The van der Waals surface area contributed by atoms with Gasteiger partial charge in [-0.3, -0.25) is 4.79 Å². The smallest absolute Gasteiger partial charge is 0.231 e. The Bertz CT molecular complexity index is 978. The fourth-order valence-electron chi connectivity index (χ4n) is 4.76. The van der Waals surface area contributed by atoms with Gasteiger partial charge in [-0.2, -0.15) is 0 Å². The summed E-state index contributed by atoms with van der Waals surface area (Å²) in [6, 6.07) is 9.23. The summed E-state index contributed by atoms with van der Waals surface area (Å²) >= 11 is 3.64. The molecule has 0 amide bonds. The van der Waals surface area contributed by atoms with Gasteiger partial charge in [-0.15, -0.1) is 0 Å². The third-order valence-electron chi connectivity index (χ3n) is 6.12. The van der Waals surface area contributed by atoms with Gasteiger partial charge in [0.05, 0.1) is 18.2 Å². The molecular weight excluding hydrogens is 426 g/mol. The quantitative estimate of drug-likeness (QED) is 0.614. The van der Waals surface area contributed by atoms with E-state index in [4.69, 9.17) is 9.47 Å². The van der Waals surface area contributed by atoms with Gasteiger partial charge in [-0.05, 0) is 60.7 Å². The largest absolute Gasteiger partial charge is 0.454 e. The fraction of sp³-hybridized carbons (Fsp3) is 0.381. The molecule has 1 saturated carbocycles. The Hall–Kier alpha value is -2.09. The Balaban J connectivity index is 1.63. The van der Waals surface area contributed by atoms with Crippen LogP contribution in [0, 0.1) is 5.92 Å². The van der Waals surface area contributed by atoms with E-state index >= 15 is 0 Å². The second-order valence-corrected chi connectivity index (χ2v) is 8.54. The fourth-order valence-corrected chi connectivity index (χ4v) is 5.33. The average Bonchev–Trinajstić information content (AvgIpc) is 3.24. The second-order valence-electron chi connectivity index (χ2n) is 7.69. The Morgan fingerprint density at radius 2 is 1.89 bits per heavy atom. The summed E-state index contributed by atoms with van der Waals surface area (Å²) in [5, 5.41) is 24.7. The summed E-state index contributed by atoms with van der Waals surface area (Å²) in [5.74, 6) is 1.08. The number of fused-ring (bicyclic) bond motifs is 4. The molecule has 1 fully saturated rings. The first-order valence-electron chi connectivity index (χ1n) is 9.30. The standard InChI is InChI=1S/C21H20BrNO5/c1-9(24)10-2-3-15-12(4-10)19-13(5-16(25)21(19)26)20(23-15)11-6-17-18(7-14(11)22)28-8-27-17/h2-4,6-7,13,16,19-21,23,25-26H,5,8H2,1H3/t13-,16-,19-,20-,21-/m0/s1. The van der Waals surface area contributed by atoms with Crippen LogP contribution in [0.25, 0.3) is 0 Å². The van der Waals surface area contributed by atoms with Gasteiger partial charge in [-0.25, -0.2) is 0 Å². The van der Waals surface area contributed by atoms with Crippen LogP contribution >= 0.6 is 15.9 Å². The summed E-state index contributed by atoms with van der Waals surface area (Å²) in [7, 11) is 0. The van der Waals surface area contributed by atoms with Crippen molar-refractivity contribution in [1.82, 2.24) is 0 Å². The lowest BCUT2D eigenvalue weighted by molar-refractivity contribution is 0.0348. The van der Waals surface area contributed by atoms with E-state index in [2.05, 4.69) is 21.2 Å². The second kappa shape index (κ2) is 6.47. The number of ketones is 1. The molecule has 0 spiro atoms. The normalized spacial score (nSPS) is 29.8. The maximum atomic E-state index is 11.8. The van der Waals surface area contributed by atoms with Gasteiger partial charge < -0.3 is 25.0 Å². The van der Waals surface area contributed by atoms with Crippen LogP contribution in [0.15, 0.2) is 34.8 Å². The van der Waals surface area contributed by atoms with Crippen LogP contribution < -0.4 is 14.8 Å². The van der Waals surface area contributed by atoms with Crippen molar-refractivity contribution in [2.45, 2.75) is 37.5 Å². The monoisotopic (exact) mass is 445 g/mol. The third kappa shape index (κ3) is 2.64. The zero-order chi connectivity index (χ0) is 19.6. The molecule has 1 aliphatic carbocycles. The van der Waals surface area contributed by atoms with E-state index in [1.165, 1.54) is 6.92 Å². The first-order valence-corrected chi connectivity index (χ1v) is 10.1. The lowest BCUT2D eigenvalue weighted by Crippen LogP contribution is -2.33. The molecule has 0 aromatic heterocycles. The molecule has 3 N–H and O–H groups in total. The molecule has 0 saturated heterocycles. The Kier molecular flexibility index (Phi) is 4.15. The van der Waals surface area contributed by atoms with Crippen LogP contribution in [-0.4, -0.2) is 35.0 Å². The minimum absolute atomic E-state index is 0.0203. The Labute approximate surface area is 170 Å². The lowest BCUT2D eigenvalue weighted by Gasteiger charge is -2.38. The molecule has 146 valence electrons. The van der Waals surface area contributed by atoms with Crippen LogP contribution in [0.1, 0.15) is 46.8 Å². The van der Waals surface area contributed by atoms with Crippen LogP contribution in [0.4, 0.5) is 5.69 Å². The molecule has 2 aromatic carbocycles. The molecule has 2 aromatic rings. The van der Waals surface area contributed by atoms with Crippen LogP contribution in [0.5, 0.6) is 11.5 Å². The number of carbonyl (C=O) groups is 1. The number of anilines is 1. The molecule has 2 aliphatic heterocycles. The van der Waals surface area contributed by atoms with E-state index in [9.17, 15) is 15.0 Å². The van der Waals surface area contributed by atoms with Gasteiger partial charge >= 0.3 is 0 Å². The summed E-state index contributed by atoms with van der Waals surface area (Å²) < 4.78 is 11.9. The number of aliphatic hydroxyl groups is 2. The molecule has 0 radical (unpaired) electrons. The average molecular weight is 446 g/mol. The maximum absolute atomic E-state index is 11.8. The third-order valence-corrected chi connectivity index (χ3v) is 6.81. The van der Waals surface area contributed by atoms with Crippen molar-refractivity contribution in [3.05, 3.63) is 51.5 Å². The van der Waals surface area contributed by atoms with Gasteiger partial charge in [0, 0.05) is 21.6 Å². The van der Waals surface area contributed by atoms with Gasteiger partial charge in [0.25, 0.3) is 0 Å². The van der Waals surface area contributed by atoms with Crippen molar-refractivity contribution in [1.29, 1.82) is 0 Å². The molecule has 28 heavy (non-hydrogen) atoms. The highest BCUT2D eigenvalue weighted by Gasteiger charge is 2.50. The Morgan fingerprint density at radius 3 is 2.64 bits per heavy atom. The summed E-state index contributed by atoms with van der Waals surface area (Å²) in [6.45, 7) is 1.73. The van der Waals surface area contributed by atoms with E-state index in [0.717, 1.165) is 21.3 Å². The number of carbonyl (C=O) groups excluding carboxylic acids is 1. The van der Waals surface area contributed by atoms with E-state index in [1.807, 2.05) is 24.3 Å². The maximum Gasteiger partial charge on any atom is 0.231 e. The number of aliphatic hydroxyl groups excluding tert-OH is 2. The number of Topliss-reactive ketones (excluding diaryl/α,β-unsaturated/α-hetero) is 1. The number of rotatable bonds is 2. The molecule has 7 heteroatoms. The van der Waals surface area contributed by atoms with Crippen LogP contribution in [0.3, 0.4) is 0 Å². The Morgan fingerprint density at radius 1 is 1.14 bits per heavy atom. The number of hydrogen-bond donors (Lipinski definition) is 3. The molecule has 5 atom stereocenters. The molecule has 5 rings (SSSR count). The number of halogens is 1. The highest BCUT2D eigenvalue weighted by Crippen LogP contribution is 2.54. The van der Waals surface area contributed by atoms with Crippen LogP contribution in [-0.2, 0) is 0 Å². The minimum Gasteiger partial charge on any atom is -0.454 e.